The van der Waals surface area contributed by atoms with Crippen molar-refractivity contribution >= 4 is 11.9 Å². The summed E-state index contributed by atoms with van der Waals surface area (Å²) >= 11 is 0. The van der Waals surface area contributed by atoms with E-state index in [-0.39, 0.29) is 29.1 Å². The maximum Gasteiger partial charge on any atom is 0.333 e. The molecule has 7 fully saturated rings. The third-order valence-electron chi connectivity index (χ3n) is 20.5. The molecular weight excluding hydrogens is 969 g/mol. The van der Waals surface area contributed by atoms with Crippen molar-refractivity contribution in [2.24, 2.45) is 50.2 Å². The van der Waals surface area contributed by atoms with Gasteiger partial charge in [-0.1, -0.05) is 66.2 Å². The van der Waals surface area contributed by atoms with Gasteiger partial charge in [-0.25, -0.2) is 4.79 Å². The van der Waals surface area contributed by atoms with Gasteiger partial charge in [-0.05, 0) is 105 Å². The summed E-state index contributed by atoms with van der Waals surface area (Å²) in [5.41, 5.74) is -2.43. The zero-order valence-electron chi connectivity index (χ0n) is 44.9. The van der Waals surface area contributed by atoms with Crippen LogP contribution in [0.4, 0.5) is 0 Å². The molecule has 0 aromatic rings. The summed E-state index contributed by atoms with van der Waals surface area (Å²) < 4.78 is 49.6. The molecule has 3 aliphatic heterocycles. The minimum absolute atomic E-state index is 0.0445. The number of carbonyl (C=O) groups excluding carboxylic acids is 2. The first-order valence-corrected chi connectivity index (χ1v) is 26.8. The van der Waals surface area contributed by atoms with Gasteiger partial charge in [0.2, 0.25) is 0 Å². The van der Waals surface area contributed by atoms with Crippen molar-refractivity contribution in [3.8, 4) is 0 Å². The fraction of sp³-hybridized carbons (Fsp3) is 0.889. The van der Waals surface area contributed by atoms with Crippen LogP contribution in [0.5, 0.6) is 0 Å². The van der Waals surface area contributed by atoms with E-state index in [2.05, 4.69) is 40.7 Å². The highest BCUT2D eigenvalue weighted by Crippen LogP contribution is 2.76. The average Bonchev–Trinajstić information content (AvgIpc) is 3.33. The molecule has 8 rings (SSSR count). The number of ether oxygens (including phenoxy) is 8. The van der Waals surface area contributed by atoms with Crippen LogP contribution in [0, 0.1) is 50.2 Å². The van der Waals surface area contributed by atoms with Crippen LogP contribution in [-0.2, 0) is 47.5 Å². The van der Waals surface area contributed by atoms with Crippen LogP contribution in [0.3, 0.4) is 0 Å². The van der Waals surface area contributed by atoms with Crippen molar-refractivity contribution in [3.05, 3.63) is 23.3 Å². The number of hydrogen-bond donors (Lipinski definition) is 10. The third kappa shape index (κ3) is 9.17. The fourth-order valence-corrected chi connectivity index (χ4v) is 15.9. The maximum atomic E-state index is 13.4. The molecule has 10 N–H and O–H groups in total. The first-order valence-electron chi connectivity index (χ1n) is 26.8. The molecule has 3 saturated heterocycles. The van der Waals surface area contributed by atoms with Gasteiger partial charge in [-0.15, -0.1) is 0 Å². The van der Waals surface area contributed by atoms with Crippen LogP contribution >= 0.6 is 0 Å². The molecule has 0 spiro atoms. The van der Waals surface area contributed by atoms with E-state index in [1.807, 2.05) is 13.8 Å². The predicted octanol–water partition coefficient (Wildman–Crippen LogP) is 1.28. The Morgan fingerprint density at radius 1 is 0.730 bits per heavy atom. The second kappa shape index (κ2) is 20.8. The fourth-order valence-electron chi connectivity index (χ4n) is 15.9. The number of allylic oxidation sites excluding steroid dienone is 3. The Labute approximate surface area is 434 Å². The summed E-state index contributed by atoms with van der Waals surface area (Å²) in [5, 5.41) is 111. The van der Waals surface area contributed by atoms with Crippen LogP contribution in [0.25, 0.3) is 0 Å². The molecular formula is C54H86O20. The molecule has 0 aromatic heterocycles. The Bertz CT molecular complexity index is 2120. The van der Waals surface area contributed by atoms with Crippen molar-refractivity contribution in [2.45, 2.75) is 232 Å². The number of rotatable bonds is 11. The SMILES string of the molecule is C/C=C(\C)C(=O)O[C@H]1[C@H](OC(C)=O)[C@@]2(CO)C(CC1(C)C)C1=CCC3[C@@]4(C)CC[C@H](O[C@@H]5O[C@H](CO)[C@@H](O)[C@H](O[C@@H]6O[C@@H](C)[C@H](O)[C@@H](O)[C@H]6O)[C@H]5O[C@@H]5OC[C@@H](O)[C@H](O)[C@H]5O)C(C)(C)C4CC[C@@]3(C)[C@]1(C)C[C@H]2O. The Kier molecular flexibility index (Phi) is 16.3. The number of hydrogen-bond acceptors (Lipinski definition) is 20. The molecule has 0 radical (unpaired) electrons. The molecule has 0 aromatic carbocycles. The predicted molar refractivity (Wildman–Crippen MR) is 260 cm³/mol. The largest absolute Gasteiger partial charge is 0.458 e. The number of aliphatic hydroxyl groups is 10. The molecule has 5 aliphatic carbocycles. The summed E-state index contributed by atoms with van der Waals surface area (Å²) in [6.07, 6.45) is -17.3. The second-order valence-electron chi connectivity index (χ2n) is 25.2. The van der Waals surface area contributed by atoms with E-state index in [1.54, 1.807) is 19.9 Å². The molecule has 74 heavy (non-hydrogen) atoms. The smallest absolute Gasteiger partial charge is 0.333 e. The number of aliphatic hydroxyl groups excluding tert-OH is 10. The highest BCUT2D eigenvalue weighted by Gasteiger charge is 2.74. The minimum atomic E-state index is -1.80. The van der Waals surface area contributed by atoms with Crippen LogP contribution in [0.1, 0.15) is 121 Å². The molecule has 20 heteroatoms. The van der Waals surface area contributed by atoms with Crippen molar-refractivity contribution in [3.63, 3.8) is 0 Å². The molecule has 20 nitrogen and oxygen atoms in total. The molecule has 422 valence electrons. The van der Waals surface area contributed by atoms with Gasteiger partial charge in [0, 0.05) is 17.9 Å². The third-order valence-corrected chi connectivity index (χ3v) is 20.5. The quantitative estimate of drug-likeness (QED) is 0.0603. The first kappa shape index (κ1) is 57.9. The summed E-state index contributed by atoms with van der Waals surface area (Å²) in [7, 11) is 0. The average molecular weight is 1060 g/mol. The molecule has 0 amide bonds. The zero-order valence-corrected chi connectivity index (χ0v) is 44.9. The summed E-state index contributed by atoms with van der Waals surface area (Å²) in [6, 6.07) is 0. The maximum absolute atomic E-state index is 13.4. The Balaban J connectivity index is 1.10. The Morgan fingerprint density at radius 2 is 1.39 bits per heavy atom. The van der Waals surface area contributed by atoms with E-state index in [9.17, 15) is 60.7 Å². The lowest BCUT2D eigenvalue weighted by atomic mass is 9.33. The standard InChI is InChI=1S/C54H86O20/c1-12-24(2)45(66)74-43-44(69-26(4)57)54(23-56)28(19-49(43,5)6)27-13-14-32-51(9)17-16-34(50(7,8)31(51)15-18-52(32,10)53(27,11)20-33(54)59)71-48-42(73-46-39(64)36(61)29(58)22-67-46)41(37(62)30(21-55)70-48)72-47-40(65)38(63)35(60)25(3)68-47/h12-13,25,28-44,46-48,55-56,58-65H,14-23H2,1-11H3/b24-12+/t25-,28?,29+,30+,31?,32?,33+,34-,35-,36-,37+,38+,39+,40+,41-,42+,43-,44-,46-,47-,48-,51-,52+,53+,54-/m0/s1. The van der Waals surface area contributed by atoms with Gasteiger partial charge < -0.3 is 89.0 Å². The van der Waals surface area contributed by atoms with Crippen LogP contribution in [0.2, 0.25) is 0 Å². The van der Waals surface area contributed by atoms with E-state index in [4.69, 9.17) is 37.9 Å². The molecule has 3 heterocycles. The van der Waals surface area contributed by atoms with Gasteiger partial charge in [-0.3, -0.25) is 4.79 Å². The van der Waals surface area contributed by atoms with Crippen molar-refractivity contribution in [1.29, 1.82) is 0 Å². The lowest BCUT2D eigenvalue weighted by Gasteiger charge is -2.72. The van der Waals surface area contributed by atoms with E-state index < -0.39 is 170 Å². The molecule has 0 bridgehead atoms. The summed E-state index contributed by atoms with van der Waals surface area (Å²) in [6.45, 7) is 19.7. The first-order chi connectivity index (χ1) is 34.5. The minimum Gasteiger partial charge on any atom is -0.458 e. The lowest BCUT2D eigenvalue weighted by molar-refractivity contribution is -0.394. The number of fused-ring (bicyclic) bond motifs is 7. The molecule has 4 saturated carbocycles. The van der Waals surface area contributed by atoms with Crippen LogP contribution in [0.15, 0.2) is 23.3 Å². The van der Waals surface area contributed by atoms with Crippen LogP contribution in [-0.4, -0.2) is 193 Å². The molecule has 25 atom stereocenters. The van der Waals surface area contributed by atoms with E-state index >= 15 is 0 Å². The van der Waals surface area contributed by atoms with Crippen molar-refractivity contribution < 1.29 is 98.5 Å². The number of esters is 2. The highest BCUT2D eigenvalue weighted by molar-refractivity contribution is 5.87. The summed E-state index contributed by atoms with van der Waals surface area (Å²) in [5.74, 6) is -1.45. The van der Waals surface area contributed by atoms with Crippen molar-refractivity contribution in [2.75, 3.05) is 19.8 Å². The molecule has 8 aliphatic rings. The van der Waals surface area contributed by atoms with Crippen LogP contribution < -0.4 is 0 Å². The Hall–Kier alpha value is -2.22. The normalized spacial score (nSPS) is 51.0. The topological polar surface area (TPSA) is 310 Å². The van der Waals surface area contributed by atoms with Crippen molar-refractivity contribution in [1.82, 2.24) is 0 Å². The number of carbonyl (C=O) groups is 2. The monoisotopic (exact) mass is 1050 g/mol. The van der Waals surface area contributed by atoms with Gasteiger partial charge in [-0.2, -0.15) is 0 Å². The Morgan fingerprint density at radius 3 is 2.03 bits per heavy atom. The van der Waals surface area contributed by atoms with Gasteiger partial charge >= 0.3 is 11.9 Å². The van der Waals surface area contributed by atoms with Gasteiger partial charge in [0.15, 0.2) is 18.9 Å². The van der Waals surface area contributed by atoms with E-state index in [0.29, 0.717) is 31.3 Å². The van der Waals surface area contributed by atoms with Gasteiger partial charge in [0.05, 0.1) is 43.5 Å². The highest BCUT2D eigenvalue weighted by atomic mass is 16.8. The summed E-state index contributed by atoms with van der Waals surface area (Å²) in [4.78, 5) is 26.4. The second-order valence-corrected chi connectivity index (χ2v) is 25.2. The lowest BCUT2D eigenvalue weighted by Crippen LogP contribution is -2.72. The zero-order chi connectivity index (χ0) is 54.6. The van der Waals surface area contributed by atoms with Gasteiger partial charge in [0.25, 0.3) is 0 Å². The van der Waals surface area contributed by atoms with Gasteiger partial charge in [0.1, 0.15) is 73.2 Å². The van der Waals surface area contributed by atoms with E-state index in [1.165, 1.54) is 13.8 Å². The molecule has 3 unspecified atom stereocenters. The van der Waals surface area contributed by atoms with E-state index in [0.717, 1.165) is 18.4 Å².